The van der Waals surface area contributed by atoms with Crippen molar-refractivity contribution in [1.29, 1.82) is 0 Å². The SMILES string of the molecule is CC1CCCC(C(CN)NC2CCCCC2)C1. The molecule has 0 radical (unpaired) electrons. The van der Waals surface area contributed by atoms with E-state index in [1.165, 1.54) is 57.8 Å². The van der Waals surface area contributed by atoms with Crippen LogP contribution >= 0.6 is 0 Å². The highest BCUT2D eigenvalue weighted by Crippen LogP contribution is 2.31. The molecule has 0 amide bonds. The molecule has 2 aliphatic rings. The predicted molar refractivity (Wildman–Crippen MR) is 74.0 cm³/mol. The number of rotatable bonds is 4. The average Bonchev–Trinajstić information content (AvgIpc) is 2.37. The summed E-state index contributed by atoms with van der Waals surface area (Å²) >= 11 is 0. The van der Waals surface area contributed by atoms with Crippen LogP contribution in [0, 0.1) is 11.8 Å². The van der Waals surface area contributed by atoms with Gasteiger partial charge in [0.25, 0.3) is 0 Å². The van der Waals surface area contributed by atoms with Crippen molar-refractivity contribution in [3.8, 4) is 0 Å². The molecule has 2 nitrogen and oxygen atoms in total. The van der Waals surface area contributed by atoms with Gasteiger partial charge < -0.3 is 11.1 Å². The van der Waals surface area contributed by atoms with Gasteiger partial charge in [0.05, 0.1) is 0 Å². The molecule has 2 fully saturated rings. The molecule has 2 rings (SSSR count). The first-order valence-electron chi connectivity index (χ1n) is 7.75. The highest BCUT2D eigenvalue weighted by molar-refractivity contribution is 4.85. The molecule has 100 valence electrons. The van der Waals surface area contributed by atoms with Crippen LogP contribution < -0.4 is 11.1 Å². The molecule has 0 saturated heterocycles. The lowest BCUT2D eigenvalue weighted by molar-refractivity contribution is 0.203. The minimum atomic E-state index is 0.584. The van der Waals surface area contributed by atoms with Crippen molar-refractivity contribution in [2.75, 3.05) is 6.54 Å². The molecule has 0 bridgehead atoms. The lowest BCUT2D eigenvalue weighted by Crippen LogP contribution is -2.48. The van der Waals surface area contributed by atoms with Crippen LogP contribution in [0.3, 0.4) is 0 Å². The van der Waals surface area contributed by atoms with Crippen molar-refractivity contribution in [2.45, 2.75) is 76.8 Å². The van der Waals surface area contributed by atoms with E-state index < -0.39 is 0 Å². The van der Waals surface area contributed by atoms with Gasteiger partial charge in [0.15, 0.2) is 0 Å². The molecule has 2 heteroatoms. The van der Waals surface area contributed by atoms with E-state index in [9.17, 15) is 0 Å². The zero-order valence-electron chi connectivity index (χ0n) is 11.5. The van der Waals surface area contributed by atoms with Gasteiger partial charge >= 0.3 is 0 Å². The number of nitrogens with two attached hydrogens (primary N) is 1. The molecule has 0 aliphatic heterocycles. The van der Waals surface area contributed by atoms with Gasteiger partial charge in [-0.25, -0.2) is 0 Å². The van der Waals surface area contributed by atoms with Crippen LogP contribution in [0.5, 0.6) is 0 Å². The minimum Gasteiger partial charge on any atom is -0.329 e. The van der Waals surface area contributed by atoms with Crippen molar-refractivity contribution in [3.63, 3.8) is 0 Å². The first-order valence-corrected chi connectivity index (χ1v) is 7.75. The summed E-state index contributed by atoms with van der Waals surface area (Å²) < 4.78 is 0. The van der Waals surface area contributed by atoms with Crippen LogP contribution in [0.25, 0.3) is 0 Å². The maximum Gasteiger partial charge on any atom is 0.0221 e. The Hall–Kier alpha value is -0.0800. The maximum absolute atomic E-state index is 6.00. The van der Waals surface area contributed by atoms with E-state index in [2.05, 4.69) is 12.2 Å². The standard InChI is InChI=1S/C15H30N2/c1-12-6-5-7-13(10-12)15(11-16)17-14-8-3-2-4-9-14/h12-15,17H,2-11,16H2,1H3. The topological polar surface area (TPSA) is 38.0 Å². The molecule has 3 N–H and O–H groups in total. The normalized spacial score (nSPS) is 33.5. The molecule has 3 atom stereocenters. The van der Waals surface area contributed by atoms with E-state index >= 15 is 0 Å². The molecule has 17 heavy (non-hydrogen) atoms. The Kier molecular flexibility index (Phi) is 5.30. The molecule has 0 aromatic heterocycles. The van der Waals surface area contributed by atoms with Crippen molar-refractivity contribution >= 4 is 0 Å². The van der Waals surface area contributed by atoms with Gasteiger partial charge in [0, 0.05) is 18.6 Å². The summed E-state index contributed by atoms with van der Waals surface area (Å²) in [5.74, 6) is 1.75. The number of hydrogen-bond acceptors (Lipinski definition) is 2. The van der Waals surface area contributed by atoms with E-state index in [1.54, 1.807) is 0 Å². The molecule has 2 saturated carbocycles. The largest absolute Gasteiger partial charge is 0.329 e. The summed E-state index contributed by atoms with van der Waals surface area (Å²) in [4.78, 5) is 0. The summed E-state index contributed by atoms with van der Waals surface area (Å²) in [6.45, 7) is 3.23. The Labute approximate surface area is 107 Å². The fourth-order valence-electron chi connectivity index (χ4n) is 3.82. The Balaban J connectivity index is 1.82. The van der Waals surface area contributed by atoms with Crippen molar-refractivity contribution in [1.82, 2.24) is 5.32 Å². The molecule has 0 heterocycles. The summed E-state index contributed by atoms with van der Waals surface area (Å²) in [6, 6.07) is 1.34. The Morgan fingerprint density at radius 1 is 1.06 bits per heavy atom. The third-order valence-corrected chi connectivity index (χ3v) is 4.85. The van der Waals surface area contributed by atoms with E-state index in [4.69, 9.17) is 5.73 Å². The first kappa shape index (κ1) is 13.4. The molecule has 0 aromatic carbocycles. The lowest BCUT2D eigenvalue weighted by atomic mass is 9.78. The third-order valence-electron chi connectivity index (χ3n) is 4.85. The Morgan fingerprint density at radius 2 is 1.82 bits per heavy atom. The van der Waals surface area contributed by atoms with Gasteiger partial charge in [-0.3, -0.25) is 0 Å². The van der Waals surface area contributed by atoms with Crippen molar-refractivity contribution < 1.29 is 0 Å². The van der Waals surface area contributed by atoms with Crippen LogP contribution in [0.15, 0.2) is 0 Å². The van der Waals surface area contributed by atoms with E-state index in [0.717, 1.165) is 24.4 Å². The fourth-order valence-corrected chi connectivity index (χ4v) is 3.82. The maximum atomic E-state index is 6.00. The van der Waals surface area contributed by atoms with E-state index in [-0.39, 0.29) is 0 Å². The quantitative estimate of drug-likeness (QED) is 0.790. The predicted octanol–water partition coefficient (Wildman–Crippen LogP) is 3.06. The van der Waals surface area contributed by atoms with Gasteiger partial charge in [-0.15, -0.1) is 0 Å². The highest BCUT2D eigenvalue weighted by atomic mass is 15.0. The van der Waals surface area contributed by atoms with Crippen molar-refractivity contribution in [2.24, 2.45) is 17.6 Å². The summed E-state index contributed by atoms with van der Waals surface area (Å²) in [5, 5.41) is 3.87. The zero-order chi connectivity index (χ0) is 12.1. The fraction of sp³-hybridized carbons (Fsp3) is 1.00. The zero-order valence-corrected chi connectivity index (χ0v) is 11.5. The van der Waals surface area contributed by atoms with Gasteiger partial charge in [-0.05, 0) is 37.5 Å². The second-order valence-corrected chi connectivity index (χ2v) is 6.38. The van der Waals surface area contributed by atoms with E-state index in [0.29, 0.717) is 6.04 Å². The van der Waals surface area contributed by atoms with Crippen LogP contribution in [-0.2, 0) is 0 Å². The van der Waals surface area contributed by atoms with Gasteiger partial charge in [0.1, 0.15) is 0 Å². The van der Waals surface area contributed by atoms with Gasteiger partial charge in [-0.1, -0.05) is 39.0 Å². The molecule has 0 spiro atoms. The van der Waals surface area contributed by atoms with Crippen LogP contribution in [0.2, 0.25) is 0 Å². The van der Waals surface area contributed by atoms with Crippen LogP contribution in [-0.4, -0.2) is 18.6 Å². The highest BCUT2D eigenvalue weighted by Gasteiger charge is 2.27. The smallest absolute Gasteiger partial charge is 0.0221 e. The van der Waals surface area contributed by atoms with Gasteiger partial charge in [0.2, 0.25) is 0 Å². The second-order valence-electron chi connectivity index (χ2n) is 6.38. The van der Waals surface area contributed by atoms with Gasteiger partial charge in [-0.2, -0.15) is 0 Å². The monoisotopic (exact) mass is 238 g/mol. The van der Waals surface area contributed by atoms with Crippen LogP contribution in [0.1, 0.15) is 64.7 Å². The molecular weight excluding hydrogens is 208 g/mol. The summed E-state index contributed by atoms with van der Waals surface area (Å²) in [7, 11) is 0. The Bertz CT molecular complexity index is 211. The summed E-state index contributed by atoms with van der Waals surface area (Å²) in [5.41, 5.74) is 6.00. The molecule has 3 unspecified atom stereocenters. The lowest BCUT2D eigenvalue weighted by Gasteiger charge is -2.36. The Morgan fingerprint density at radius 3 is 2.47 bits per heavy atom. The van der Waals surface area contributed by atoms with Crippen LogP contribution in [0.4, 0.5) is 0 Å². The van der Waals surface area contributed by atoms with E-state index in [1.807, 2.05) is 0 Å². The molecular formula is C15H30N2. The third kappa shape index (κ3) is 3.96. The average molecular weight is 238 g/mol. The first-order chi connectivity index (χ1) is 8.29. The number of nitrogens with one attached hydrogen (secondary N) is 1. The second kappa shape index (κ2) is 6.75. The molecule has 0 aromatic rings. The number of hydrogen-bond donors (Lipinski definition) is 2. The van der Waals surface area contributed by atoms with Crippen molar-refractivity contribution in [3.05, 3.63) is 0 Å². The minimum absolute atomic E-state index is 0.584. The molecule has 2 aliphatic carbocycles. The summed E-state index contributed by atoms with van der Waals surface area (Å²) in [6.07, 6.45) is 12.6.